The molecule has 6 heteroatoms. The Labute approximate surface area is 117 Å². The van der Waals surface area contributed by atoms with Crippen LogP contribution in [0.4, 0.5) is 5.69 Å². The summed E-state index contributed by atoms with van der Waals surface area (Å²) in [5.41, 5.74) is 6.40. The molecular formula is C13H18ClN3O2. The molecule has 0 saturated carbocycles. The van der Waals surface area contributed by atoms with Gasteiger partial charge in [0.05, 0.1) is 17.3 Å². The number of hydrogen-bond acceptors (Lipinski definition) is 3. The molecule has 0 unspecified atom stereocenters. The summed E-state index contributed by atoms with van der Waals surface area (Å²) < 4.78 is 0. The van der Waals surface area contributed by atoms with Gasteiger partial charge in [0.2, 0.25) is 5.91 Å². The van der Waals surface area contributed by atoms with Gasteiger partial charge in [0.1, 0.15) is 0 Å². The largest absolute Gasteiger partial charge is 0.398 e. The zero-order chi connectivity index (χ0) is 14.6. The molecule has 104 valence electrons. The first-order valence-corrected chi connectivity index (χ1v) is 6.29. The lowest BCUT2D eigenvalue weighted by atomic mass is 10.2. The second kappa shape index (κ2) is 6.43. The summed E-state index contributed by atoms with van der Waals surface area (Å²) in [4.78, 5) is 25.0. The van der Waals surface area contributed by atoms with Gasteiger partial charge in [-0.25, -0.2) is 0 Å². The third-order valence-electron chi connectivity index (χ3n) is 2.42. The van der Waals surface area contributed by atoms with Crippen molar-refractivity contribution in [1.82, 2.24) is 10.2 Å². The van der Waals surface area contributed by atoms with Crippen LogP contribution in [0.1, 0.15) is 24.2 Å². The van der Waals surface area contributed by atoms with Gasteiger partial charge < -0.3 is 16.0 Å². The summed E-state index contributed by atoms with van der Waals surface area (Å²) in [5, 5.41) is 3.05. The summed E-state index contributed by atoms with van der Waals surface area (Å²) in [5.74, 6) is -0.479. The van der Waals surface area contributed by atoms with Gasteiger partial charge >= 0.3 is 0 Å². The molecule has 3 N–H and O–H groups in total. The summed E-state index contributed by atoms with van der Waals surface area (Å²) in [7, 11) is 1.56. The Morgan fingerprint density at radius 1 is 1.42 bits per heavy atom. The van der Waals surface area contributed by atoms with E-state index in [1.807, 2.05) is 13.8 Å². The lowest BCUT2D eigenvalue weighted by Crippen LogP contribution is -2.40. The van der Waals surface area contributed by atoms with E-state index in [4.69, 9.17) is 17.3 Å². The van der Waals surface area contributed by atoms with E-state index in [9.17, 15) is 9.59 Å². The smallest absolute Gasteiger partial charge is 0.254 e. The predicted octanol–water partition coefficient (Wildman–Crippen LogP) is 1.52. The van der Waals surface area contributed by atoms with E-state index in [1.165, 1.54) is 11.0 Å². The van der Waals surface area contributed by atoms with Crippen LogP contribution < -0.4 is 11.1 Å². The molecule has 0 aliphatic rings. The number of carbonyl (C=O) groups is 2. The molecule has 0 bridgehead atoms. The van der Waals surface area contributed by atoms with Gasteiger partial charge in [-0.2, -0.15) is 0 Å². The van der Waals surface area contributed by atoms with Crippen LogP contribution in [-0.2, 0) is 4.79 Å². The van der Waals surface area contributed by atoms with Gasteiger partial charge in [-0.1, -0.05) is 11.6 Å². The summed E-state index contributed by atoms with van der Waals surface area (Å²) in [6.07, 6.45) is 0. The summed E-state index contributed by atoms with van der Waals surface area (Å²) >= 11 is 5.86. The first kappa shape index (κ1) is 15.3. The molecular weight excluding hydrogens is 266 g/mol. The average Bonchev–Trinajstić information content (AvgIpc) is 2.30. The number of hydrogen-bond donors (Lipinski definition) is 2. The van der Waals surface area contributed by atoms with Gasteiger partial charge in [-0.3, -0.25) is 9.59 Å². The highest BCUT2D eigenvalue weighted by molar-refractivity contribution is 6.33. The van der Waals surface area contributed by atoms with Crippen LogP contribution in [-0.4, -0.2) is 36.3 Å². The minimum Gasteiger partial charge on any atom is -0.398 e. The van der Waals surface area contributed by atoms with Gasteiger partial charge in [0, 0.05) is 18.7 Å². The number of carbonyl (C=O) groups excluding carboxylic acids is 2. The van der Waals surface area contributed by atoms with Crippen molar-refractivity contribution < 1.29 is 9.59 Å². The lowest BCUT2D eigenvalue weighted by molar-refractivity contribution is -0.122. The Bertz CT molecular complexity index is 489. The van der Waals surface area contributed by atoms with Crippen LogP contribution in [0.25, 0.3) is 0 Å². The average molecular weight is 284 g/mol. The first-order valence-electron chi connectivity index (χ1n) is 5.91. The number of nitrogens with two attached hydrogens (primary N) is 1. The minimum absolute atomic E-state index is 0.000983. The molecule has 1 aromatic carbocycles. The Hall–Kier alpha value is -1.75. The molecule has 1 rings (SSSR count). The number of anilines is 1. The molecule has 0 saturated heterocycles. The van der Waals surface area contributed by atoms with Crippen LogP contribution in [0, 0.1) is 0 Å². The second-order valence-corrected chi connectivity index (χ2v) is 5.03. The van der Waals surface area contributed by atoms with Crippen LogP contribution in [0.2, 0.25) is 5.02 Å². The highest BCUT2D eigenvalue weighted by Gasteiger charge is 2.16. The molecule has 1 aromatic rings. The number of rotatable bonds is 4. The van der Waals surface area contributed by atoms with Crippen LogP contribution in [0.3, 0.4) is 0 Å². The highest BCUT2D eigenvalue weighted by atomic mass is 35.5. The zero-order valence-corrected chi connectivity index (χ0v) is 12.0. The third-order valence-corrected chi connectivity index (χ3v) is 2.75. The quantitative estimate of drug-likeness (QED) is 0.823. The summed E-state index contributed by atoms with van der Waals surface area (Å²) in [6, 6.07) is 4.69. The van der Waals surface area contributed by atoms with E-state index in [0.29, 0.717) is 16.3 Å². The molecule has 0 atom stereocenters. The Kier molecular flexibility index (Phi) is 5.18. The number of halogens is 1. The molecule has 0 radical (unpaired) electrons. The maximum atomic E-state index is 12.1. The van der Waals surface area contributed by atoms with Gasteiger partial charge in [0.15, 0.2) is 0 Å². The molecule has 5 nitrogen and oxygen atoms in total. The van der Waals surface area contributed by atoms with Crippen molar-refractivity contribution in [3.05, 3.63) is 28.8 Å². The maximum Gasteiger partial charge on any atom is 0.254 e. The third kappa shape index (κ3) is 4.44. The van der Waals surface area contributed by atoms with E-state index in [0.717, 1.165) is 0 Å². The van der Waals surface area contributed by atoms with Crippen LogP contribution in [0.15, 0.2) is 18.2 Å². The summed E-state index contributed by atoms with van der Waals surface area (Å²) in [6.45, 7) is 3.72. The normalized spacial score (nSPS) is 10.4. The van der Waals surface area contributed by atoms with Crippen molar-refractivity contribution in [2.24, 2.45) is 0 Å². The first-order chi connectivity index (χ1) is 8.81. The minimum atomic E-state index is -0.277. The van der Waals surface area contributed by atoms with E-state index in [2.05, 4.69) is 5.32 Å². The fraction of sp³-hybridized carbons (Fsp3) is 0.385. The van der Waals surface area contributed by atoms with Crippen molar-refractivity contribution in [2.45, 2.75) is 19.9 Å². The lowest BCUT2D eigenvalue weighted by Gasteiger charge is -2.18. The maximum absolute atomic E-state index is 12.1. The molecule has 0 fully saturated rings. The Balaban J connectivity index is 2.71. The van der Waals surface area contributed by atoms with E-state index in [-0.39, 0.29) is 24.4 Å². The molecule has 0 heterocycles. The Morgan fingerprint density at radius 2 is 2.05 bits per heavy atom. The van der Waals surface area contributed by atoms with Crippen molar-refractivity contribution in [3.8, 4) is 0 Å². The topological polar surface area (TPSA) is 75.4 Å². The number of amides is 2. The zero-order valence-electron chi connectivity index (χ0n) is 11.2. The van der Waals surface area contributed by atoms with Crippen molar-refractivity contribution in [2.75, 3.05) is 19.3 Å². The SMILES string of the molecule is CC(C)NC(=O)CN(C)C(=O)c1ccc(N)c(Cl)c1. The van der Waals surface area contributed by atoms with Crippen molar-refractivity contribution in [1.29, 1.82) is 0 Å². The monoisotopic (exact) mass is 283 g/mol. The number of likely N-dealkylation sites (N-methyl/N-ethyl adjacent to an activating group) is 1. The van der Waals surface area contributed by atoms with E-state index >= 15 is 0 Å². The number of benzene rings is 1. The highest BCUT2D eigenvalue weighted by Crippen LogP contribution is 2.20. The van der Waals surface area contributed by atoms with Gasteiger partial charge in [-0.15, -0.1) is 0 Å². The van der Waals surface area contributed by atoms with Crippen molar-refractivity contribution >= 4 is 29.1 Å². The van der Waals surface area contributed by atoms with Gasteiger partial charge in [0.25, 0.3) is 5.91 Å². The number of nitrogens with zero attached hydrogens (tertiary/aromatic N) is 1. The fourth-order valence-electron chi connectivity index (χ4n) is 1.54. The molecule has 19 heavy (non-hydrogen) atoms. The molecule has 0 spiro atoms. The van der Waals surface area contributed by atoms with E-state index in [1.54, 1.807) is 19.2 Å². The molecule has 0 aliphatic carbocycles. The van der Waals surface area contributed by atoms with Gasteiger partial charge in [-0.05, 0) is 32.0 Å². The number of nitrogens with one attached hydrogen (secondary N) is 1. The predicted molar refractivity (Wildman–Crippen MR) is 76.1 cm³/mol. The fourth-order valence-corrected chi connectivity index (χ4v) is 1.72. The van der Waals surface area contributed by atoms with E-state index < -0.39 is 0 Å². The number of nitrogen functional groups attached to an aromatic ring is 1. The Morgan fingerprint density at radius 3 is 2.58 bits per heavy atom. The molecule has 0 aliphatic heterocycles. The molecule has 2 amide bonds. The molecule has 0 aromatic heterocycles. The standard InChI is InChI=1S/C13H18ClN3O2/c1-8(2)16-12(18)7-17(3)13(19)9-4-5-11(15)10(14)6-9/h4-6,8H,7,15H2,1-3H3,(H,16,18). The van der Waals surface area contributed by atoms with Crippen molar-refractivity contribution in [3.63, 3.8) is 0 Å². The van der Waals surface area contributed by atoms with Crippen LogP contribution in [0.5, 0.6) is 0 Å². The van der Waals surface area contributed by atoms with Crippen LogP contribution >= 0.6 is 11.6 Å². The second-order valence-electron chi connectivity index (χ2n) is 4.62.